The van der Waals surface area contributed by atoms with Crippen LogP contribution in [0.3, 0.4) is 0 Å². The fourth-order valence-corrected chi connectivity index (χ4v) is 6.78. The Morgan fingerprint density at radius 1 is 0.914 bits per heavy atom. The van der Waals surface area contributed by atoms with Crippen molar-refractivity contribution in [3.05, 3.63) is 102 Å². The number of carbonyl (C=O) groups is 1. The normalized spacial score (nSPS) is 22.7. The molecular formula is C30H34Cl2N2O. The maximum Gasteiger partial charge on any atom is 0.227 e. The molecule has 3 nitrogen and oxygen atoms in total. The molecule has 0 radical (unpaired) electrons. The Bertz CT molecular complexity index is 1100. The molecule has 35 heavy (non-hydrogen) atoms. The molecule has 5 rings (SSSR count). The van der Waals surface area contributed by atoms with E-state index < -0.39 is 0 Å². The quantitative estimate of drug-likeness (QED) is 0.384. The average Bonchev–Trinajstić information content (AvgIpc) is 3.33. The van der Waals surface area contributed by atoms with Crippen molar-refractivity contribution in [3.63, 3.8) is 0 Å². The van der Waals surface area contributed by atoms with Crippen LogP contribution in [0.2, 0.25) is 0 Å². The highest BCUT2D eigenvalue weighted by Gasteiger charge is 2.54. The molecule has 3 aromatic rings. The second kappa shape index (κ2) is 10.6. The van der Waals surface area contributed by atoms with Crippen LogP contribution in [0.25, 0.3) is 0 Å². The maximum absolute atomic E-state index is 13.6. The fourth-order valence-electron chi connectivity index (χ4n) is 6.41. The highest BCUT2D eigenvalue weighted by Crippen LogP contribution is 2.54. The number of hydrogen-bond acceptors (Lipinski definition) is 2. The summed E-state index contributed by atoms with van der Waals surface area (Å²) in [6.07, 6.45) is 2.38. The Morgan fingerprint density at radius 3 is 2.09 bits per heavy atom. The van der Waals surface area contributed by atoms with Gasteiger partial charge in [-0.25, -0.2) is 0 Å². The third kappa shape index (κ3) is 4.69. The van der Waals surface area contributed by atoms with E-state index in [1.807, 2.05) is 26.2 Å². The molecule has 0 bridgehead atoms. The van der Waals surface area contributed by atoms with E-state index in [-0.39, 0.29) is 35.0 Å². The van der Waals surface area contributed by atoms with E-state index in [1.54, 1.807) is 0 Å². The average molecular weight is 510 g/mol. The first-order valence-electron chi connectivity index (χ1n) is 12.3. The van der Waals surface area contributed by atoms with Gasteiger partial charge >= 0.3 is 0 Å². The van der Waals surface area contributed by atoms with Gasteiger partial charge in [0.1, 0.15) is 0 Å². The number of rotatable bonds is 5. The lowest BCUT2D eigenvalue weighted by Gasteiger charge is -2.48. The Morgan fingerprint density at radius 2 is 1.49 bits per heavy atom. The molecule has 1 saturated carbocycles. The number of para-hydroxylation sites is 1. The van der Waals surface area contributed by atoms with Crippen LogP contribution >= 0.6 is 24.0 Å². The molecule has 2 aliphatic rings. The molecule has 1 amide bonds. The second-order valence-electron chi connectivity index (χ2n) is 10.0. The summed E-state index contributed by atoms with van der Waals surface area (Å²) < 4.78 is 0. The minimum Gasteiger partial charge on any atom is -0.377 e. The molecule has 1 aliphatic heterocycles. The number of carbonyl (C=O) groups excluding carboxylic acids is 1. The van der Waals surface area contributed by atoms with E-state index in [4.69, 9.17) is 11.6 Å². The zero-order valence-corrected chi connectivity index (χ0v) is 22.0. The summed E-state index contributed by atoms with van der Waals surface area (Å²) in [4.78, 5) is 17.8. The largest absolute Gasteiger partial charge is 0.377 e. The predicted molar refractivity (Wildman–Crippen MR) is 148 cm³/mol. The van der Waals surface area contributed by atoms with Gasteiger partial charge < -0.3 is 9.80 Å². The van der Waals surface area contributed by atoms with Crippen LogP contribution in [0, 0.1) is 11.8 Å². The number of alkyl halides is 1. The Labute approximate surface area is 220 Å². The number of nitrogens with zero attached hydrogens (tertiary/aromatic N) is 2. The topological polar surface area (TPSA) is 23.6 Å². The van der Waals surface area contributed by atoms with Crippen LogP contribution in [-0.2, 0) is 16.6 Å². The van der Waals surface area contributed by atoms with Crippen LogP contribution in [-0.4, -0.2) is 43.4 Å². The molecule has 1 heterocycles. The molecule has 5 heteroatoms. The van der Waals surface area contributed by atoms with Crippen molar-refractivity contribution >= 4 is 35.6 Å². The number of anilines is 1. The SMILES string of the molecule is CN(C)c1ccccc1CC(=O)N1C[C@H]2[C@@H](C1)C(c1ccccc1)(c1ccccc1)CC[C@@H]2Cl.Cl. The second-order valence-corrected chi connectivity index (χ2v) is 10.6. The van der Waals surface area contributed by atoms with E-state index >= 15 is 0 Å². The van der Waals surface area contributed by atoms with Gasteiger partial charge in [-0.3, -0.25) is 4.79 Å². The Balaban J connectivity index is 0.00000289. The van der Waals surface area contributed by atoms with Crippen LogP contribution < -0.4 is 4.90 Å². The van der Waals surface area contributed by atoms with Gasteiger partial charge in [-0.05, 0) is 47.4 Å². The number of amides is 1. The number of benzene rings is 3. The number of hydrogen-bond donors (Lipinski definition) is 0. The number of likely N-dealkylation sites (tertiary alicyclic amines) is 1. The third-order valence-corrected chi connectivity index (χ3v) is 8.56. The summed E-state index contributed by atoms with van der Waals surface area (Å²) in [5.41, 5.74) is 4.73. The molecule has 1 saturated heterocycles. The maximum atomic E-state index is 13.6. The highest BCUT2D eigenvalue weighted by molar-refractivity contribution is 6.21. The van der Waals surface area contributed by atoms with Crippen LogP contribution in [0.1, 0.15) is 29.5 Å². The van der Waals surface area contributed by atoms with Gasteiger partial charge in [-0.2, -0.15) is 0 Å². The highest BCUT2D eigenvalue weighted by atomic mass is 35.5. The van der Waals surface area contributed by atoms with Crippen molar-refractivity contribution in [2.24, 2.45) is 11.8 Å². The van der Waals surface area contributed by atoms with Gasteiger partial charge in [0, 0.05) is 43.7 Å². The van der Waals surface area contributed by atoms with Gasteiger partial charge in [0.2, 0.25) is 5.91 Å². The fraction of sp³-hybridized carbons (Fsp3) is 0.367. The van der Waals surface area contributed by atoms with Gasteiger partial charge in [0.05, 0.1) is 6.42 Å². The third-order valence-electron chi connectivity index (χ3n) is 8.02. The molecule has 2 fully saturated rings. The predicted octanol–water partition coefficient (Wildman–Crippen LogP) is 6.18. The van der Waals surface area contributed by atoms with Crippen LogP contribution in [0.15, 0.2) is 84.9 Å². The summed E-state index contributed by atoms with van der Waals surface area (Å²) in [6, 6.07) is 29.9. The molecule has 184 valence electrons. The molecule has 3 atom stereocenters. The van der Waals surface area contributed by atoms with Crippen molar-refractivity contribution in [2.75, 3.05) is 32.1 Å². The summed E-state index contributed by atoms with van der Waals surface area (Å²) in [6.45, 7) is 1.49. The summed E-state index contributed by atoms with van der Waals surface area (Å²) in [7, 11) is 4.06. The number of halogens is 2. The zero-order valence-electron chi connectivity index (χ0n) is 20.4. The van der Waals surface area contributed by atoms with E-state index in [2.05, 4.69) is 82.6 Å². The van der Waals surface area contributed by atoms with Gasteiger partial charge in [-0.1, -0.05) is 78.9 Å². The molecule has 1 aliphatic carbocycles. The lowest BCUT2D eigenvalue weighted by Crippen LogP contribution is -2.47. The van der Waals surface area contributed by atoms with Crippen molar-refractivity contribution in [1.29, 1.82) is 0 Å². The van der Waals surface area contributed by atoms with Gasteiger partial charge in [0.15, 0.2) is 0 Å². The van der Waals surface area contributed by atoms with E-state index in [0.29, 0.717) is 12.3 Å². The Kier molecular flexibility index (Phi) is 7.78. The first kappa shape index (κ1) is 25.6. The molecule has 3 aromatic carbocycles. The van der Waals surface area contributed by atoms with E-state index in [1.165, 1.54) is 11.1 Å². The van der Waals surface area contributed by atoms with Crippen molar-refractivity contribution in [2.45, 2.75) is 30.1 Å². The smallest absolute Gasteiger partial charge is 0.227 e. The van der Waals surface area contributed by atoms with Gasteiger partial charge in [-0.15, -0.1) is 24.0 Å². The summed E-state index contributed by atoms with van der Waals surface area (Å²) in [5, 5.41) is 0.0948. The van der Waals surface area contributed by atoms with Crippen molar-refractivity contribution in [3.8, 4) is 0 Å². The summed E-state index contributed by atoms with van der Waals surface area (Å²) in [5.74, 6) is 0.771. The van der Waals surface area contributed by atoms with Crippen molar-refractivity contribution in [1.82, 2.24) is 4.90 Å². The standard InChI is InChI=1S/C30H33ClN2O.ClH/c1-32(2)28-16-10-9-11-22(28)19-29(34)33-20-25-26(21-33)30(18-17-27(25)31,23-12-5-3-6-13-23)24-14-7-4-8-15-24;/h3-16,25-27H,17-21H2,1-2H3;1H/t25-,26+,27-;/m0./s1. The lowest BCUT2D eigenvalue weighted by molar-refractivity contribution is -0.129. The van der Waals surface area contributed by atoms with E-state index in [0.717, 1.165) is 37.2 Å². The minimum atomic E-state index is -0.130. The van der Waals surface area contributed by atoms with E-state index in [9.17, 15) is 4.79 Å². The Hall–Kier alpha value is -2.49. The van der Waals surface area contributed by atoms with Gasteiger partial charge in [0.25, 0.3) is 0 Å². The monoisotopic (exact) mass is 508 g/mol. The zero-order chi connectivity index (χ0) is 23.7. The molecule has 0 aromatic heterocycles. The molecular weight excluding hydrogens is 475 g/mol. The first-order chi connectivity index (χ1) is 16.5. The lowest BCUT2D eigenvalue weighted by atomic mass is 9.56. The molecule has 0 unspecified atom stereocenters. The first-order valence-corrected chi connectivity index (χ1v) is 12.7. The van der Waals surface area contributed by atoms with Crippen LogP contribution in [0.4, 0.5) is 5.69 Å². The van der Waals surface area contributed by atoms with Crippen molar-refractivity contribution < 1.29 is 4.79 Å². The minimum absolute atomic E-state index is 0. The molecule has 0 N–H and O–H groups in total. The van der Waals surface area contributed by atoms with Crippen LogP contribution in [0.5, 0.6) is 0 Å². The number of fused-ring (bicyclic) bond motifs is 1. The summed E-state index contributed by atoms with van der Waals surface area (Å²) >= 11 is 6.97. The molecule has 0 spiro atoms.